The molecule has 5 nitrogen and oxygen atoms in total. The molecular formula is C29H26Cl2N2O3. The molecule has 0 aliphatic rings. The van der Waals surface area contributed by atoms with Crippen LogP contribution >= 0.6 is 23.2 Å². The molecule has 0 fully saturated rings. The lowest BCUT2D eigenvalue weighted by molar-refractivity contribution is -0.137. The van der Waals surface area contributed by atoms with E-state index in [1.165, 1.54) is 0 Å². The summed E-state index contributed by atoms with van der Waals surface area (Å²) >= 11 is 12.3. The van der Waals surface area contributed by atoms with Gasteiger partial charge in [-0.2, -0.15) is 0 Å². The summed E-state index contributed by atoms with van der Waals surface area (Å²) in [6.45, 7) is 0.512. The Kier molecular flexibility index (Phi) is 8.47. The van der Waals surface area contributed by atoms with E-state index in [-0.39, 0.29) is 6.42 Å². The highest BCUT2D eigenvalue weighted by atomic mass is 35.5. The molecule has 184 valence electrons. The Morgan fingerprint density at radius 3 is 2.33 bits per heavy atom. The fraction of sp³-hybridized carbons (Fsp3) is 0.172. The molecule has 0 saturated carbocycles. The van der Waals surface area contributed by atoms with Crippen LogP contribution in [0.1, 0.15) is 30.7 Å². The Morgan fingerprint density at radius 1 is 0.972 bits per heavy atom. The zero-order chi connectivity index (χ0) is 25.5. The summed E-state index contributed by atoms with van der Waals surface area (Å²) in [5, 5.41) is 9.84. The van der Waals surface area contributed by atoms with Gasteiger partial charge in [0.2, 0.25) is 0 Å². The van der Waals surface area contributed by atoms with Gasteiger partial charge in [0, 0.05) is 30.3 Å². The Bertz CT molecular complexity index is 1360. The third-order valence-electron chi connectivity index (χ3n) is 5.70. The normalized spacial score (nSPS) is 11.2. The fourth-order valence-electron chi connectivity index (χ4n) is 3.73. The van der Waals surface area contributed by atoms with Crippen LogP contribution in [0.3, 0.4) is 0 Å². The van der Waals surface area contributed by atoms with E-state index in [1.807, 2.05) is 60.3 Å². The third kappa shape index (κ3) is 6.78. The van der Waals surface area contributed by atoms with Gasteiger partial charge in [0.05, 0.1) is 17.3 Å². The van der Waals surface area contributed by atoms with Crippen molar-refractivity contribution in [1.82, 2.24) is 9.55 Å². The van der Waals surface area contributed by atoms with E-state index in [0.717, 1.165) is 45.9 Å². The van der Waals surface area contributed by atoms with Gasteiger partial charge >= 0.3 is 5.97 Å². The number of carboxylic acids is 1. The molecule has 0 amide bonds. The lowest BCUT2D eigenvalue weighted by Gasteiger charge is -2.07. The first-order valence-corrected chi connectivity index (χ1v) is 12.4. The van der Waals surface area contributed by atoms with Gasteiger partial charge in [-0.3, -0.25) is 4.79 Å². The second-order valence-electron chi connectivity index (χ2n) is 8.40. The number of hydrogen-bond donors (Lipinski definition) is 1. The standard InChI is InChI=1S/C29H26Cl2N2O3/c1-33-19-27(25-15-12-23(30)18-26(25)31)32-28(33)16-7-20-5-8-21(9-6-20)22-10-13-24(14-11-22)36-17-3-2-4-29(34)35/h5-16,18-19H,2-4,17H2,1H3,(H,34,35)/b16-7+. The smallest absolute Gasteiger partial charge is 0.303 e. The number of ether oxygens (including phenoxy) is 1. The number of aliphatic carboxylic acids is 1. The number of aromatic nitrogens is 2. The molecule has 0 unspecified atom stereocenters. The summed E-state index contributed by atoms with van der Waals surface area (Å²) in [4.78, 5) is 15.3. The van der Waals surface area contributed by atoms with Crippen molar-refractivity contribution >= 4 is 41.3 Å². The molecule has 1 heterocycles. The van der Waals surface area contributed by atoms with E-state index >= 15 is 0 Å². The monoisotopic (exact) mass is 520 g/mol. The zero-order valence-electron chi connectivity index (χ0n) is 19.8. The fourth-order valence-corrected chi connectivity index (χ4v) is 4.24. The molecular weight excluding hydrogens is 495 g/mol. The molecule has 0 atom stereocenters. The van der Waals surface area contributed by atoms with Crippen molar-refractivity contribution in [1.29, 1.82) is 0 Å². The predicted molar refractivity (Wildman–Crippen MR) is 146 cm³/mol. The summed E-state index contributed by atoms with van der Waals surface area (Å²) in [5.41, 5.74) is 4.90. The lowest BCUT2D eigenvalue weighted by Crippen LogP contribution is -2.00. The minimum atomic E-state index is -0.772. The summed E-state index contributed by atoms with van der Waals surface area (Å²) in [6, 6.07) is 21.6. The van der Waals surface area contributed by atoms with Crippen LogP contribution in [-0.2, 0) is 11.8 Å². The van der Waals surface area contributed by atoms with E-state index in [0.29, 0.717) is 23.1 Å². The van der Waals surface area contributed by atoms with Crippen molar-refractivity contribution in [2.75, 3.05) is 6.61 Å². The summed E-state index contributed by atoms with van der Waals surface area (Å²) in [6.07, 6.45) is 7.46. The van der Waals surface area contributed by atoms with Gasteiger partial charge in [0.15, 0.2) is 0 Å². The van der Waals surface area contributed by atoms with Crippen molar-refractivity contribution in [3.05, 3.63) is 94.4 Å². The van der Waals surface area contributed by atoms with Crippen LogP contribution in [0.4, 0.5) is 0 Å². The Morgan fingerprint density at radius 2 is 1.67 bits per heavy atom. The molecule has 7 heteroatoms. The van der Waals surface area contributed by atoms with E-state index in [4.69, 9.17) is 38.0 Å². The van der Waals surface area contributed by atoms with Crippen LogP contribution in [-0.4, -0.2) is 27.2 Å². The third-order valence-corrected chi connectivity index (χ3v) is 6.24. The van der Waals surface area contributed by atoms with E-state index < -0.39 is 5.97 Å². The van der Waals surface area contributed by atoms with Crippen molar-refractivity contribution in [3.8, 4) is 28.1 Å². The SMILES string of the molecule is Cn1cc(-c2ccc(Cl)cc2Cl)nc1/C=C/c1ccc(-c2ccc(OCCCCC(=O)O)cc2)cc1. The molecule has 0 radical (unpaired) electrons. The molecule has 3 aromatic carbocycles. The van der Waals surface area contributed by atoms with Crippen LogP contribution in [0.15, 0.2) is 72.9 Å². The average molecular weight is 521 g/mol. The Hall–Kier alpha value is -3.54. The highest BCUT2D eigenvalue weighted by molar-refractivity contribution is 6.36. The van der Waals surface area contributed by atoms with E-state index in [9.17, 15) is 4.79 Å². The largest absolute Gasteiger partial charge is 0.494 e. The number of carboxylic acid groups (broad SMARTS) is 1. The van der Waals surface area contributed by atoms with Gasteiger partial charge in [0.25, 0.3) is 0 Å². The molecule has 0 spiro atoms. The first-order chi connectivity index (χ1) is 17.4. The number of unbranched alkanes of at least 4 members (excludes halogenated alkanes) is 1. The molecule has 0 bridgehead atoms. The number of aryl methyl sites for hydroxylation is 1. The minimum Gasteiger partial charge on any atom is -0.494 e. The zero-order valence-corrected chi connectivity index (χ0v) is 21.3. The van der Waals surface area contributed by atoms with Crippen LogP contribution in [0.5, 0.6) is 5.75 Å². The van der Waals surface area contributed by atoms with Gasteiger partial charge in [-0.1, -0.05) is 65.7 Å². The second-order valence-corrected chi connectivity index (χ2v) is 9.24. The van der Waals surface area contributed by atoms with Crippen molar-refractivity contribution < 1.29 is 14.6 Å². The maximum absolute atomic E-state index is 10.6. The average Bonchev–Trinajstić information content (AvgIpc) is 3.23. The molecule has 1 N–H and O–H groups in total. The number of halogens is 2. The summed E-state index contributed by atoms with van der Waals surface area (Å²) in [7, 11) is 1.95. The van der Waals surface area contributed by atoms with Crippen LogP contribution < -0.4 is 4.74 Å². The number of rotatable bonds is 10. The van der Waals surface area contributed by atoms with E-state index in [2.05, 4.69) is 24.3 Å². The Balaban J connectivity index is 1.37. The molecule has 0 saturated heterocycles. The summed E-state index contributed by atoms with van der Waals surface area (Å²) < 4.78 is 7.66. The first kappa shape index (κ1) is 25.5. The van der Waals surface area contributed by atoms with Gasteiger partial charge in [0.1, 0.15) is 11.6 Å². The van der Waals surface area contributed by atoms with Gasteiger partial charge in [-0.05, 0) is 65.9 Å². The Labute approximate surface area is 220 Å². The second kappa shape index (κ2) is 11.9. The maximum Gasteiger partial charge on any atom is 0.303 e. The highest BCUT2D eigenvalue weighted by Crippen LogP contribution is 2.30. The predicted octanol–water partition coefficient (Wildman–Crippen LogP) is 7.87. The van der Waals surface area contributed by atoms with Crippen LogP contribution in [0.2, 0.25) is 10.0 Å². The molecule has 0 aliphatic carbocycles. The van der Waals surface area contributed by atoms with Crippen LogP contribution in [0, 0.1) is 0 Å². The van der Waals surface area contributed by atoms with Gasteiger partial charge in [-0.15, -0.1) is 0 Å². The number of carbonyl (C=O) groups is 1. The first-order valence-electron chi connectivity index (χ1n) is 11.6. The van der Waals surface area contributed by atoms with Crippen LogP contribution in [0.25, 0.3) is 34.5 Å². The molecule has 1 aromatic heterocycles. The maximum atomic E-state index is 10.6. The number of hydrogen-bond acceptors (Lipinski definition) is 3. The minimum absolute atomic E-state index is 0.175. The quantitative estimate of drug-likeness (QED) is 0.216. The number of benzene rings is 3. The summed E-state index contributed by atoms with van der Waals surface area (Å²) in [5.74, 6) is 0.827. The van der Waals surface area contributed by atoms with Gasteiger partial charge in [-0.25, -0.2) is 4.98 Å². The van der Waals surface area contributed by atoms with Crippen molar-refractivity contribution in [3.63, 3.8) is 0 Å². The van der Waals surface area contributed by atoms with Gasteiger partial charge < -0.3 is 14.4 Å². The lowest BCUT2D eigenvalue weighted by atomic mass is 10.0. The molecule has 0 aliphatic heterocycles. The number of imidazole rings is 1. The van der Waals surface area contributed by atoms with Crippen molar-refractivity contribution in [2.45, 2.75) is 19.3 Å². The highest BCUT2D eigenvalue weighted by Gasteiger charge is 2.09. The van der Waals surface area contributed by atoms with E-state index in [1.54, 1.807) is 12.1 Å². The molecule has 4 rings (SSSR count). The van der Waals surface area contributed by atoms with Crippen molar-refractivity contribution in [2.24, 2.45) is 7.05 Å². The molecule has 36 heavy (non-hydrogen) atoms. The molecule has 4 aromatic rings. The topological polar surface area (TPSA) is 64.4 Å². The number of nitrogens with zero attached hydrogens (tertiary/aromatic N) is 2.